The number of unbranched alkanes of at least 4 members (excludes halogenated alkanes) is 2. The number of fused-ring (bicyclic) bond motifs is 4. The third-order valence-electron chi connectivity index (χ3n) is 9.17. The Kier molecular flexibility index (Phi) is 8.73. The molecule has 210 valence electrons. The van der Waals surface area contributed by atoms with Gasteiger partial charge in [-0.1, -0.05) is 79.1 Å². The van der Waals surface area contributed by atoms with Gasteiger partial charge in [0.1, 0.15) is 8.07 Å². The highest BCUT2D eigenvalue weighted by molar-refractivity contribution is 7.32. The summed E-state index contributed by atoms with van der Waals surface area (Å²) >= 11 is 5.49. The predicted molar refractivity (Wildman–Crippen MR) is 173 cm³/mol. The van der Waals surface area contributed by atoms with Crippen molar-refractivity contribution in [2.45, 2.75) is 105 Å². The van der Waals surface area contributed by atoms with Crippen molar-refractivity contribution in [1.82, 2.24) is 5.32 Å². The van der Waals surface area contributed by atoms with Crippen molar-refractivity contribution in [3.8, 4) is 19.5 Å². The molecular weight excluding hydrogens is 555 g/mol. The molecule has 2 amide bonds. The fourth-order valence-corrected chi connectivity index (χ4v) is 18.6. The average Bonchev–Trinajstić information content (AvgIpc) is 3.69. The molecule has 3 aromatic rings. The number of nitrogens with one attached hydrogen (secondary N) is 1. The molecule has 0 bridgehead atoms. The molecule has 0 spiro atoms. The molecule has 0 saturated carbocycles. The van der Waals surface area contributed by atoms with Gasteiger partial charge >= 0.3 is 0 Å². The second kappa shape index (κ2) is 11.7. The van der Waals surface area contributed by atoms with Gasteiger partial charge in [-0.15, -0.1) is 34.0 Å². The van der Waals surface area contributed by atoms with Crippen LogP contribution in [0.15, 0.2) is 12.1 Å². The Morgan fingerprint density at radius 3 is 1.90 bits per heavy atom. The molecule has 2 aliphatic heterocycles. The molecule has 0 aliphatic carbocycles. The number of hydrogen-bond acceptors (Lipinski definition) is 5. The first-order chi connectivity index (χ1) is 18.8. The Bertz CT molecular complexity index is 1360. The van der Waals surface area contributed by atoms with Crippen molar-refractivity contribution in [3.05, 3.63) is 33.0 Å². The van der Waals surface area contributed by atoms with Crippen LogP contribution in [0.5, 0.6) is 0 Å². The normalized spacial score (nSPS) is 19.2. The minimum absolute atomic E-state index is 0.227. The lowest BCUT2D eigenvalue weighted by molar-refractivity contribution is 0.0879. The van der Waals surface area contributed by atoms with Crippen molar-refractivity contribution in [2.24, 2.45) is 11.8 Å². The molecular formula is C32H43NO2S3Si. The molecule has 0 radical (unpaired) electrons. The first kappa shape index (κ1) is 29.0. The van der Waals surface area contributed by atoms with Crippen molar-refractivity contribution >= 4 is 64.3 Å². The largest absolute Gasteiger partial charge is 0.288 e. The summed E-state index contributed by atoms with van der Waals surface area (Å²) in [5, 5.41) is 5.90. The number of imide groups is 1. The monoisotopic (exact) mass is 597 g/mol. The van der Waals surface area contributed by atoms with E-state index in [0.29, 0.717) is 11.1 Å². The topological polar surface area (TPSA) is 46.2 Å². The van der Waals surface area contributed by atoms with E-state index in [1.165, 1.54) is 83.0 Å². The van der Waals surface area contributed by atoms with Gasteiger partial charge in [0.25, 0.3) is 11.8 Å². The number of carbonyl (C=O) groups is 2. The lowest BCUT2D eigenvalue weighted by Gasteiger charge is -2.35. The van der Waals surface area contributed by atoms with Crippen molar-refractivity contribution in [3.63, 3.8) is 0 Å². The van der Waals surface area contributed by atoms with Gasteiger partial charge in [0.15, 0.2) is 0 Å². The highest BCUT2D eigenvalue weighted by Crippen LogP contribution is 2.49. The molecule has 3 nitrogen and oxygen atoms in total. The standard InChI is InChI=1S/C32H43NO2S3Si/c1-7-11-13-21(9-3)17-39(18-22(10-4)14-12-8-2)24-15-19(5)36-29(24)30-25(39)16-23(38-30)28-27-26(20(6)37-28)31(34)33-32(27)35/h15-16,21-22H,7-14,17-18H2,1-6H3,(H,33,34,35). The zero-order valence-corrected chi connectivity index (χ0v) is 27.9. The molecule has 0 fully saturated rings. The van der Waals surface area contributed by atoms with Crippen molar-refractivity contribution in [2.75, 3.05) is 0 Å². The number of hydrogen-bond donors (Lipinski definition) is 1. The summed E-state index contributed by atoms with van der Waals surface area (Å²) in [6, 6.07) is 7.75. The molecule has 1 N–H and O–H groups in total. The van der Waals surface area contributed by atoms with Crippen molar-refractivity contribution < 1.29 is 9.59 Å². The Morgan fingerprint density at radius 2 is 1.31 bits per heavy atom. The third kappa shape index (κ3) is 5.06. The van der Waals surface area contributed by atoms with Crippen LogP contribution in [0.25, 0.3) is 19.5 Å². The van der Waals surface area contributed by atoms with Gasteiger partial charge in [-0.2, -0.15) is 0 Å². The third-order valence-corrected chi connectivity index (χ3v) is 18.6. The Labute approximate surface area is 247 Å². The van der Waals surface area contributed by atoms with Gasteiger partial charge in [0.05, 0.1) is 16.0 Å². The number of aryl methyl sites for hydroxylation is 2. The number of rotatable bonds is 13. The number of amides is 2. The fourth-order valence-electron chi connectivity index (χ4n) is 7.04. The molecule has 2 unspecified atom stereocenters. The van der Waals surface area contributed by atoms with Gasteiger partial charge in [0.2, 0.25) is 0 Å². The van der Waals surface area contributed by atoms with E-state index in [0.717, 1.165) is 21.6 Å². The van der Waals surface area contributed by atoms with E-state index in [2.05, 4.69) is 52.1 Å². The summed E-state index contributed by atoms with van der Waals surface area (Å²) in [6.45, 7) is 13.7. The van der Waals surface area contributed by atoms with Crippen LogP contribution in [0.2, 0.25) is 12.1 Å². The lowest BCUT2D eigenvalue weighted by Crippen LogP contribution is -2.56. The summed E-state index contributed by atoms with van der Waals surface area (Å²) in [7, 11) is -2.02. The summed E-state index contributed by atoms with van der Waals surface area (Å²) in [4.78, 5) is 32.9. The Morgan fingerprint density at radius 1 is 0.744 bits per heavy atom. The maximum absolute atomic E-state index is 12.8. The van der Waals surface area contributed by atoms with Crippen LogP contribution in [-0.2, 0) is 0 Å². The summed E-state index contributed by atoms with van der Waals surface area (Å²) in [5.41, 5.74) is 1.21. The van der Waals surface area contributed by atoms with Gasteiger partial charge in [-0.25, -0.2) is 0 Å². The number of thiophene rings is 3. The van der Waals surface area contributed by atoms with Crippen LogP contribution < -0.4 is 15.7 Å². The summed E-state index contributed by atoms with van der Waals surface area (Å²) < 4.78 is 0. The Balaban J connectivity index is 1.67. The van der Waals surface area contributed by atoms with E-state index in [9.17, 15) is 9.59 Å². The summed E-state index contributed by atoms with van der Waals surface area (Å²) in [6.07, 6.45) is 10.3. The quantitative estimate of drug-likeness (QED) is 0.158. The molecule has 2 aliphatic rings. The van der Waals surface area contributed by atoms with E-state index >= 15 is 0 Å². The first-order valence-electron chi connectivity index (χ1n) is 15.0. The van der Waals surface area contributed by atoms with E-state index < -0.39 is 8.07 Å². The SMILES string of the molecule is CCCCC(CC)C[Si]1(CC(CC)CCCC)c2cc(C)sc2-c2sc(-c3sc(C)c4c3C(=O)NC4=O)cc21. The minimum atomic E-state index is -2.02. The average molecular weight is 598 g/mol. The number of carbonyl (C=O) groups excluding carboxylic acids is 2. The van der Waals surface area contributed by atoms with Crippen LogP contribution in [0.4, 0.5) is 0 Å². The van der Waals surface area contributed by atoms with E-state index in [1.54, 1.807) is 21.7 Å². The molecule has 0 aromatic carbocycles. The van der Waals surface area contributed by atoms with Crippen LogP contribution in [0.1, 0.15) is 110 Å². The molecule has 5 rings (SSSR count). The molecule has 39 heavy (non-hydrogen) atoms. The van der Waals surface area contributed by atoms with Gasteiger partial charge in [-0.05, 0) is 60.3 Å². The second-order valence-electron chi connectivity index (χ2n) is 11.8. The molecule has 0 saturated heterocycles. The van der Waals surface area contributed by atoms with E-state index in [4.69, 9.17) is 0 Å². The molecule has 2 atom stereocenters. The maximum atomic E-state index is 12.8. The van der Waals surface area contributed by atoms with Crippen LogP contribution in [0.3, 0.4) is 0 Å². The van der Waals surface area contributed by atoms with Gasteiger partial charge in [0, 0.05) is 24.4 Å². The smallest absolute Gasteiger partial charge is 0.260 e. The van der Waals surface area contributed by atoms with Crippen LogP contribution >= 0.6 is 34.0 Å². The first-order valence-corrected chi connectivity index (χ1v) is 19.9. The zero-order valence-electron chi connectivity index (χ0n) is 24.4. The molecule has 5 heterocycles. The van der Waals surface area contributed by atoms with Crippen LogP contribution in [0, 0.1) is 25.7 Å². The van der Waals surface area contributed by atoms with Gasteiger partial charge in [-0.3, -0.25) is 14.9 Å². The van der Waals surface area contributed by atoms with E-state index in [-0.39, 0.29) is 11.8 Å². The Hall–Kier alpha value is -1.54. The lowest BCUT2D eigenvalue weighted by atomic mass is 10.0. The van der Waals surface area contributed by atoms with E-state index in [1.807, 2.05) is 29.6 Å². The highest BCUT2D eigenvalue weighted by Gasteiger charge is 2.50. The van der Waals surface area contributed by atoms with Crippen LogP contribution in [-0.4, -0.2) is 19.9 Å². The molecule has 3 aromatic heterocycles. The second-order valence-corrected chi connectivity index (χ2v) is 19.4. The fraction of sp³-hybridized carbons (Fsp3) is 0.562. The predicted octanol–water partition coefficient (Wildman–Crippen LogP) is 9.01. The highest BCUT2D eigenvalue weighted by atomic mass is 32.1. The van der Waals surface area contributed by atoms with Gasteiger partial charge < -0.3 is 0 Å². The minimum Gasteiger partial charge on any atom is -0.288 e. The van der Waals surface area contributed by atoms with Crippen molar-refractivity contribution in [1.29, 1.82) is 0 Å². The summed E-state index contributed by atoms with van der Waals surface area (Å²) in [5.74, 6) is 1.07. The maximum Gasteiger partial charge on any atom is 0.260 e. The molecule has 7 heteroatoms. The zero-order chi connectivity index (χ0) is 27.9.